The van der Waals surface area contributed by atoms with E-state index in [0.717, 1.165) is 0 Å². The standard InChI is InChI=1S/C13H21N3O4S/c1-9-7-16(8-10(9)15(3)4)13(17)11-5-6-12(20-11)21(18,19)14-2/h5-6,9-10,14H,7-8H2,1-4H3/t9-,10+/m1/s1. The summed E-state index contributed by atoms with van der Waals surface area (Å²) in [6, 6.07) is 2.99. The van der Waals surface area contributed by atoms with Crippen molar-refractivity contribution >= 4 is 15.9 Å². The highest BCUT2D eigenvalue weighted by molar-refractivity contribution is 7.89. The number of amides is 1. The fourth-order valence-electron chi connectivity index (χ4n) is 2.62. The number of nitrogens with one attached hydrogen (secondary N) is 1. The number of rotatable bonds is 4. The van der Waals surface area contributed by atoms with Crippen molar-refractivity contribution in [3.05, 3.63) is 17.9 Å². The molecule has 1 aromatic heterocycles. The number of sulfonamides is 1. The molecule has 0 radical (unpaired) electrons. The molecule has 0 aromatic carbocycles. The van der Waals surface area contributed by atoms with E-state index in [0.29, 0.717) is 25.0 Å². The first kappa shape index (κ1) is 16.0. The van der Waals surface area contributed by atoms with Crippen molar-refractivity contribution in [3.8, 4) is 0 Å². The number of furan rings is 1. The first-order valence-electron chi connectivity index (χ1n) is 6.75. The van der Waals surface area contributed by atoms with Gasteiger partial charge in [0.2, 0.25) is 5.09 Å². The van der Waals surface area contributed by atoms with Gasteiger partial charge in [0.1, 0.15) is 0 Å². The van der Waals surface area contributed by atoms with Gasteiger partial charge in [0, 0.05) is 19.1 Å². The maximum atomic E-state index is 12.4. The highest BCUT2D eigenvalue weighted by atomic mass is 32.2. The third-order valence-corrected chi connectivity index (χ3v) is 5.14. The summed E-state index contributed by atoms with van der Waals surface area (Å²) in [5, 5.41) is -0.246. The molecule has 1 aromatic rings. The summed E-state index contributed by atoms with van der Waals surface area (Å²) in [5.74, 6) is 0.138. The quantitative estimate of drug-likeness (QED) is 0.859. The summed E-state index contributed by atoms with van der Waals surface area (Å²) in [6.07, 6.45) is 0. The number of carbonyl (C=O) groups excluding carboxylic acids is 1. The van der Waals surface area contributed by atoms with Crippen molar-refractivity contribution in [2.75, 3.05) is 34.2 Å². The second kappa shape index (κ2) is 5.78. The number of nitrogens with zero attached hydrogens (tertiary/aromatic N) is 2. The summed E-state index contributed by atoms with van der Waals surface area (Å²) in [7, 11) is 1.60. The fourth-order valence-corrected chi connectivity index (χ4v) is 3.27. The van der Waals surface area contributed by atoms with Crippen LogP contribution >= 0.6 is 0 Å². The van der Waals surface area contributed by atoms with Crippen LogP contribution in [0.5, 0.6) is 0 Å². The summed E-state index contributed by atoms with van der Waals surface area (Å²) in [5.41, 5.74) is 0. The van der Waals surface area contributed by atoms with Gasteiger partial charge in [-0.3, -0.25) is 4.79 Å². The van der Waals surface area contributed by atoms with Gasteiger partial charge >= 0.3 is 0 Å². The van der Waals surface area contributed by atoms with Gasteiger partial charge in [-0.05, 0) is 39.2 Å². The second-order valence-electron chi connectivity index (χ2n) is 5.54. The molecule has 1 saturated heterocycles. The van der Waals surface area contributed by atoms with Gasteiger partial charge in [0.05, 0.1) is 0 Å². The molecule has 1 amide bonds. The second-order valence-corrected chi connectivity index (χ2v) is 7.36. The number of hydrogen-bond donors (Lipinski definition) is 1. The van der Waals surface area contributed by atoms with Gasteiger partial charge in [-0.1, -0.05) is 6.92 Å². The molecule has 2 heterocycles. The molecule has 2 rings (SSSR count). The fraction of sp³-hybridized carbons (Fsp3) is 0.615. The van der Waals surface area contributed by atoms with E-state index in [2.05, 4.69) is 16.5 Å². The molecule has 1 aliphatic rings. The van der Waals surface area contributed by atoms with Crippen LogP contribution in [0.2, 0.25) is 0 Å². The van der Waals surface area contributed by atoms with E-state index in [-0.39, 0.29) is 16.8 Å². The van der Waals surface area contributed by atoms with Gasteiger partial charge in [-0.2, -0.15) is 0 Å². The number of likely N-dealkylation sites (N-methyl/N-ethyl adjacent to an activating group) is 1. The highest BCUT2D eigenvalue weighted by Crippen LogP contribution is 2.23. The van der Waals surface area contributed by atoms with Crippen LogP contribution in [0.1, 0.15) is 17.5 Å². The molecule has 2 atom stereocenters. The Labute approximate surface area is 124 Å². The minimum absolute atomic E-state index is 0.0513. The van der Waals surface area contributed by atoms with Crippen LogP contribution in [-0.4, -0.2) is 64.4 Å². The van der Waals surface area contributed by atoms with Crippen molar-refractivity contribution in [3.63, 3.8) is 0 Å². The van der Waals surface area contributed by atoms with E-state index >= 15 is 0 Å². The molecule has 0 unspecified atom stereocenters. The maximum Gasteiger partial charge on any atom is 0.289 e. The van der Waals surface area contributed by atoms with Crippen LogP contribution in [-0.2, 0) is 10.0 Å². The van der Waals surface area contributed by atoms with Crippen molar-refractivity contribution < 1.29 is 17.6 Å². The molecule has 1 N–H and O–H groups in total. The van der Waals surface area contributed by atoms with Crippen LogP contribution < -0.4 is 4.72 Å². The number of carbonyl (C=O) groups is 1. The molecule has 21 heavy (non-hydrogen) atoms. The molecule has 118 valence electrons. The van der Waals surface area contributed by atoms with E-state index in [1.54, 1.807) is 4.90 Å². The van der Waals surface area contributed by atoms with E-state index in [1.807, 2.05) is 14.1 Å². The Bertz CT molecular complexity index is 623. The average Bonchev–Trinajstić information content (AvgIpc) is 3.04. The Morgan fingerprint density at radius 1 is 1.38 bits per heavy atom. The predicted molar refractivity (Wildman–Crippen MR) is 77.5 cm³/mol. The van der Waals surface area contributed by atoms with Gasteiger partial charge in [-0.25, -0.2) is 13.1 Å². The molecular formula is C13H21N3O4S. The van der Waals surface area contributed by atoms with Gasteiger partial charge < -0.3 is 14.2 Å². The Hall–Kier alpha value is -1.38. The van der Waals surface area contributed by atoms with E-state index in [9.17, 15) is 13.2 Å². The van der Waals surface area contributed by atoms with Crippen LogP contribution in [0.15, 0.2) is 21.6 Å². The molecule has 1 fully saturated rings. The van der Waals surface area contributed by atoms with Crippen molar-refractivity contribution in [1.29, 1.82) is 0 Å². The first-order valence-corrected chi connectivity index (χ1v) is 8.23. The average molecular weight is 315 g/mol. The van der Waals surface area contributed by atoms with Crippen molar-refractivity contribution in [2.24, 2.45) is 5.92 Å². The third kappa shape index (κ3) is 3.12. The molecule has 1 aliphatic heterocycles. The van der Waals surface area contributed by atoms with Crippen LogP contribution in [0.3, 0.4) is 0 Å². The maximum absolute atomic E-state index is 12.4. The van der Waals surface area contributed by atoms with Gasteiger partial charge in [0.25, 0.3) is 15.9 Å². The summed E-state index contributed by atoms with van der Waals surface area (Å²) in [4.78, 5) is 16.2. The summed E-state index contributed by atoms with van der Waals surface area (Å²) >= 11 is 0. The zero-order chi connectivity index (χ0) is 15.8. The van der Waals surface area contributed by atoms with E-state index in [1.165, 1.54) is 19.2 Å². The molecule has 0 bridgehead atoms. The minimum Gasteiger partial charge on any atom is -0.438 e. The summed E-state index contributed by atoms with van der Waals surface area (Å²) < 4.78 is 30.6. The van der Waals surface area contributed by atoms with E-state index in [4.69, 9.17) is 4.42 Å². The Balaban J connectivity index is 2.15. The monoisotopic (exact) mass is 315 g/mol. The normalized spacial score (nSPS) is 23.0. The number of hydrogen-bond acceptors (Lipinski definition) is 5. The molecular weight excluding hydrogens is 294 g/mol. The number of likely N-dealkylation sites (tertiary alicyclic amines) is 1. The minimum atomic E-state index is -3.67. The summed E-state index contributed by atoms with van der Waals surface area (Å²) in [6.45, 7) is 3.34. The molecule has 0 spiro atoms. The predicted octanol–water partition coefficient (Wildman–Crippen LogP) is 0.210. The Morgan fingerprint density at radius 2 is 2.05 bits per heavy atom. The molecule has 7 nitrogen and oxygen atoms in total. The SMILES string of the molecule is CNS(=O)(=O)c1ccc(C(=O)N2C[C@@H](C)[C@@H](N(C)C)C2)o1. The zero-order valence-electron chi connectivity index (χ0n) is 12.7. The van der Waals surface area contributed by atoms with Crippen LogP contribution in [0.4, 0.5) is 0 Å². The molecule has 0 aliphatic carbocycles. The van der Waals surface area contributed by atoms with Gasteiger partial charge in [-0.15, -0.1) is 0 Å². The molecule has 0 saturated carbocycles. The van der Waals surface area contributed by atoms with Crippen molar-refractivity contribution in [2.45, 2.75) is 18.1 Å². The lowest BCUT2D eigenvalue weighted by Gasteiger charge is -2.22. The van der Waals surface area contributed by atoms with Crippen LogP contribution in [0.25, 0.3) is 0 Å². The van der Waals surface area contributed by atoms with E-state index < -0.39 is 10.0 Å². The van der Waals surface area contributed by atoms with Crippen molar-refractivity contribution in [1.82, 2.24) is 14.5 Å². The Morgan fingerprint density at radius 3 is 2.57 bits per heavy atom. The van der Waals surface area contributed by atoms with Crippen LogP contribution in [0, 0.1) is 5.92 Å². The topological polar surface area (TPSA) is 82.9 Å². The van der Waals surface area contributed by atoms with Gasteiger partial charge in [0.15, 0.2) is 5.76 Å². The molecule has 8 heteroatoms. The largest absolute Gasteiger partial charge is 0.438 e. The first-order chi connectivity index (χ1) is 9.76. The lowest BCUT2D eigenvalue weighted by Crippen LogP contribution is -2.35. The third-order valence-electron chi connectivity index (χ3n) is 3.85. The lowest BCUT2D eigenvalue weighted by atomic mass is 10.1. The lowest BCUT2D eigenvalue weighted by molar-refractivity contribution is 0.0744. The highest BCUT2D eigenvalue weighted by Gasteiger charge is 2.35. The Kier molecular flexibility index (Phi) is 4.40. The zero-order valence-corrected chi connectivity index (χ0v) is 13.5. The smallest absolute Gasteiger partial charge is 0.289 e.